The van der Waals surface area contributed by atoms with Gasteiger partial charge in [0, 0.05) is 33.7 Å². The van der Waals surface area contributed by atoms with Crippen LogP contribution in [0.5, 0.6) is 0 Å². The molecule has 2 aliphatic heterocycles. The molecule has 8 heteroatoms. The van der Waals surface area contributed by atoms with E-state index in [0.29, 0.717) is 32.2 Å². The molecule has 2 aliphatic rings. The molecule has 0 saturated carbocycles. The SMILES string of the molecule is CN(C)C(=O)CN1CCO[C@@H]2CN(c3ncc(F)cn3)C[C@@H]21. The lowest BCUT2D eigenvalue weighted by Gasteiger charge is -2.36. The summed E-state index contributed by atoms with van der Waals surface area (Å²) in [7, 11) is 3.52. The number of aromatic nitrogens is 2. The Morgan fingerprint density at radius 3 is 2.82 bits per heavy atom. The van der Waals surface area contributed by atoms with Crippen molar-refractivity contribution >= 4 is 11.9 Å². The maximum Gasteiger partial charge on any atom is 0.236 e. The normalized spacial score (nSPS) is 25.1. The van der Waals surface area contributed by atoms with E-state index in [1.165, 1.54) is 12.4 Å². The Labute approximate surface area is 128 Å². The third kappa shape index (κ3) is 3.02. The fraction of sp³-hybridized carbons (Fsp3) is 0.643. The van der Waals surface area contributed by atoms with Gasteiger partial charge in [-0.2, -0.15) is 0 Å². The lowest BCUT2D eigenvalue weighted by molar-refractivity contribution is -0.133. The van der Waals surface area contributed by atoms with E-state index in [-0.39, 0.29) is 18.1 Å². The monoisotopic (exact) mass is 309 g/mol. The number of fused-ring (bicyclic) bond motifs is 1. The molecule has 1 aromatic rings. The molecule has 0 N–H and O–H groups in total. The van der Waals surface area contributed by atoms with Gasteiger partial charge in [-0.1, -0.05) is 0 Å². The van der Waals surface area contributed by atoms with Crippen LogP contribution in [0, 0.1) is 5.82 Å². The van der Waals surface area contributed by atoms with Gasteiger partial charge in [-0.3, -0.25) is 9.69 Å². The van der Waals surface area contributed by atoms with E-state index in [4.69, 9.17) is 4.74 Å². The molecule has 1 amide bonds. The summed E-state index contributed by atoms with van der Waals surface area (Å²) < 4.78 is 18.7. The Hall–Kier alpha value is -1.80. The molecule has 1 aromatic heterocycles. The Morgan fingerprint density at radius 2 is 2.14 bits per heavy atom. The third-order valence-electron chi connectivity index (χ3n) is 4.14. The summed E-state index contributed by atoms with van der Waals surface area (Å²) in [6.45, 7) is 3.06. The van der Waals surface area contributed by atoms with Crippen molar-refractivity contribution in [3.63, 3.8) is 0 Å². The molecular formula is C14H20FN5O2. The molecule has 120 valence electrons. The van der Waals surface area contributed by atoms with Crippen LogP contribution in [0.15, 0.2) is 12.4 Å². The summed E-state index contributed by atoms with van der Waals surface area (Å²) in [5, 5.41) is 0. The van der Waals surface area contributed by atoms with E-state index in [2.05, 4.69) is 14.9 Å². The lowest BCUT2D eigenvalue weighted by Crippen LogP contribution is -2.53. The van der Waals surface area contributed by atoms with E-state index in [0.717, 1.165) is 6.54 Å². The highest BCUT2D eigenvalue weighted by molar-refractivity contribution is 5.77. The Kier molecular flexibility index (Phi) is 4.21. The van der Waals surface area contributed by atoms with Crippen molar-refractivity contribution in [1.29, 1.82) is 0 Å². The fourth-order valence-corrected chi connectivity index (χ4v) is 2.90. The minimum atomic E-state index is -0.449. The minimum Gasteiger partial charge on any atom is -0.373 e. The van der Waals surface area contributed by atoms with E-state index >= 15 is 0 Å². The Bertz CT molecular complexity index is 539. The number of anilines is 1. The number of carbonyl (C=O) groups is 1. The zero-order chi connectivity index (χ0) is 15.7. The van der Waals surface area contributed by atoms with Gasteiger partial charge in [0.15, 0.2) is 5.82 Å². The van der Waals surface area contributed by atoms with Crippen molar-refractivity contribution in [2.45, 2.75) is 12.1 Å². The molecule has 2 fully saturated rings. The first-order valence-corrected chi connectivity index (χ1v) is 7.33. The molecule has 0 bridgehead atoms. The zero-order valence-electron chi connectivity index (χ0n) is 12.8. The maximum atomic E-state index is 12.9. The zero-order valence-corrected chi connectivity index (χ0v) is 12.8. The minimum absolute atomic E-state index is 0.0253. The number of rotatable bonds is 3. The van der Waals surface area contributed by atoms with Crippen LogP contribution < -0.4 is 4.90 Å². The highest BCUT2D eigenvalue weighted by Gasteiger charge is 2.41. The summed E-state index contributed by atoms with van der Waals surface area (Å²) >= 11 is 0. The van der Waals surface area contributed by atoms with Gasteiger partial charge in [0.1, 0.15) is 0 Å². The topological polar surface area (TPSA) is 61.8 Å². The van der Waals surface area contributed by atoms with Crippen molar-refractivity contribution in [1.82, 2.24) is 19.8 Å². The summed E-state index contributed by atoms with van der Waals surface area (Å²) in [6.07, 6.45) is 2.36. The third-order valence-corrected chi connectivity index (χ3v) is 4.14. The highest BCUT2D eigenvalue weighted by atomic mass is 19.1. The number of nitrogens with zero attached hydrogens (tertiary/aromatic N) is 5. The van der Waals surface area contributed by atoms with Crippen LogP contribution in [-0.4, -0.2) is 84.7 Å². The van der Waals surface area contributed by atoms with Crippen molar-refractivity contribution in [3.8, 4) is 0 Å². The van der Waals surface area contributed by atoms with Crippen LogP contribution in [-0.2, 0) is 9.53 Å². The van der Waals surface area contributed by atoms with E-state index in [1.54, 1.807) is 19.0 Å². The van der Waals surface area contributed by atoms with Crippen LogP contribution in [0.2, 0.25) is 0 Å². The lowest BCUT2D eigenvalue weighted by atomic mass is 10.1. The number of likely N-dealkylation sites (N-methyl/N-ethyl adjacent to an activating group) is 1. The predicted octanol–water partition coefficient (Wildman–Crippen LogP) is -0.407. The Balaban J connectivity index is 1.69. The largest absolute Gasteiger partial charge is 0.373 e. The average Bonchev–Trinajstić information content (AvgIpc) is 2.93. The summed E-state index contributed by atoms with van der Waals surface area (Å²) in [5.41, 5.74) is 0. The number of hydrogen-bond acceptors (Lipinski definition) is 6. The van der Waals surface area contributed by atoms with Crippen LogP contribution >= 0.6 is 0 Å². The summed E-state index contributed by atoms with van der Waals surface area (Å²) in [4.78, 5) is 25.7. The molecular weight excluding hydrogens is 289 g/mol. The van der Waals surface area contributed by atoms with Gasteiger partial charge >= 0.3 is 0 Å². The first-order chi connectivity index (χ1) is 10.5. The van der Waals surface area contributed by atoms with Crippen molar-refractivity contribution in [2.75, 3.05) is 51.8 Å². The smallest absolute Gasteiger partial charge is 0.236 e. The number of hydrogen-bond donors (Lipinski definition) is 0. The number of halogens is 1. The molecule has 3 heterocycles. The van der Waals surface area contributed by atoms with Crippen LogP contribution in [0.4, 0.5) is 10.3 Å². The van der Waals surface area contributed by atoms with Gasteiger partial charge in [0.05, 0.1) is 37.7 Å². The van der Waals surface area contributed by atoms with E-state index in [1.807, 2.05) is 4.90 Å². The molecule has 22 heavy (non-hydrogen) atoms. The van der Waals surface area contributed by atoms with Gasteiger partial charge in [-0.05, 0) is 0 Å². The molecule has 3 rings (SSSR count). The van der Waals surface area contributed by atoms with Gasteiger partial charge in [-0.15, -0.1) is 0 Å². The van der Waals surface area contributed by atoms with Crippen LogP contribution in [0.1, 0.15) is 0 Å². The molecule has 2 atom stereocenters. The Morgan fingerprint density at radius 1 is 1.41 bits per heavy atom. The maximum absolute atomic E-state index is 12.9. The quantitative estimate of drug-likeness (QED) is 0.757. The van der Waals surface area contributed by atoms with Gasteiger partial charge in [0.2, 0.25) is 11.9 Å². The van der Waals surface area contributed by atoms with Gasteiger partial charge in [0.25, 0.3) is 0 Å². The number of amides is 1. The second-order valence-corrected chi connectivity index (χ2v) is 5.84. The number of ether oxygens (including phenoxy) is 1. The van der Waals surface area contributed by atoms with Gasteiger partial charge in [-0.25, -0.2) is 14.4 Å². The second-order valence-electron chi connectivity index (χ2n) is 5.84. The second kappa shape index (κ2) is 6.13. The molecule has 0 spiro atoms. The molecule has 0 radical (unpaired) electrons. The number of morpholine rings is 1. The fourth-order valence-electron chi connectivity index (χ4n) is 2.90. The first kappa shape index (κ1) is 15.1. The van der Waals surface area contributed by atoms with Crippen molar-refractivity contribution < 1.29 is 13.9 Å². The van der Waals surface area contributed by atoms with E-state index in [9.17, 15) is 9.18 Å². The van der Waals surface area contributed by atoms with Crippen LogP contribution in [0.25, 0.3) is 0 Å². The molecule has 0 aromatic carbocycles. The average molecular weight is 309 g/mol. The molecule has 7 nitrogen and oxygen atoms in total. The highest BCUT2D eigenvalue weighted by Crippen LogP contribution is 2.25. The molecule has 2 saturated heterocycles. The van der Waals surface area contributed by atoms with E-state index < -0.39 is 5.82 Å². The molecule has 0 aliphatic carbocycles. The standard InChI is InChI=1S/C14H20FN5O2/c1-18(2)13(21)9-19-3-4-22-12-8-20(7-11(12)19)14-16-5-10(15)6-17-14/h5-6,11-12H,3-4,7-9H2,1-2H3/t11-,12+/m0/s1. The van der Waals surface area contributed by atoms with Crippen LogP contribution in [0.3, 0.4) is 0 Å². The van der Waals surface area contributed by atoms with Gasteiger partial charge < -0.3 is 14.5 Å². The van der Waals surface area contributed by atoms with Crippen molar-refractivity contribution in [3.05, 3.63) is 18.2 Å². The summed E-state index contributed by atoms with van der Waals surface area (Å²) in [6, 6.07) is 0.131. The summed E-state index contributed by atoms with van der Waals surface area (Å²) in [5.74, 6) is 0.130. The number of carbonyl (C=O) groups excluding carboxylic acids is 1. The first-order valence-electron chi connectivity index (χ1n) is 7.33. The van der Waals surface area contributed by atoms with Crippen molar-refractivity contribution in [2.24, 2.45) is 0 Å². The molecule has 0 unspecified atom stereocenters. The predicted molar refractivity (Wildman–Crippen MR) is 78.0 cm³/mol.